The minimum Gasteiger partial charge on any atom is -0.466 e. The lowest BCUT2D eigenvalue weighted by atomic mass is 10.0. The molecule has 106 valence electrons. The minimum atomic E-state index is -0.366. The van der Waals surface area contributed by atoms with Crippen LogP contribution < -0.4 is 5.32 Å². The third-order valence-corrected chi connectivity index (χ3v) is 3.19. The highest BCUT2D eigenvalue weighted by Crippen LogP contribution is 2.11. The summed E-state index contributed by atoms with van der Waals surface area (Å²) in [5.74, 6) is -0.727. The maximum atomic E-state index is 11.8. The molecule has 0 aromatic rings. The smallest absolute Gasteiger partial charge is 0.333 e. The number of likely N-dealkylation sites (tertiary alicyclic amines) is 1. The van der Waals surface area contributed by atoms with Crippen molar-refractivity contribution in [2.45, 2.75) is 32.2 Å². The molecule has 0 aromatic heterocycles. The number of nitrogens with one attached hydrogen (secondary N) is 1. The molecule has 0 radical (unpaired) electrons. The topological polar surface area (TPSA) is 75.7 Å². The molecule has 1 heterocycles. The van der Waals surface area contributed by atoms with E-state index >= 15 is 0 Å². The van der Waals surface area contributed by atoms with E-state index < -0.39 is 0 Å². The molecule has 0 spiro atoms. The van der Waals surface area contributed by atoms with Gasteiger partial charge in [0.25, 0.3) is 0 Å². The molecule has 0 saturated carbocycles. The van der Waals surface area contributed by atoms with Gasteiger partial charge in [-0.15, -0.1) is 0 Å². The standard InChI is InChI=1S/C13H20N2O4/c1-4-9(13(18)19-3)7-8-14-10-5-6-11(16)15(2)12(10)17/h7,10,14H,4-6,8H2,1-3H3. The van der Waals surface area contributed by atoms with Crippen LogP contribution in [-0.2, 0) is 19.1 Å². The first-order valence-corrected chi connectivity index (χ1v) is 6.32. The van der Waals surface area contributed by atoms with Crippen LogP contribution >= 0.6 is 0 Å². The number of methoxy groups -OCH3 is 1. The number of hydrogen-bond donors (Lipinski definition) is 1. The number of nitrogens with zero attached hydrogens (tertiary/aromatic N) is 1. The molecular weight excluding hydrogens is 248 g/mol. The summed E-state index contributed by atoms with van der Waals surface area (Å²) in [6.07, 6.45) is 3.15. The van der Waals surface area contributed by atoms with Crippen molar-refractivity contribution in [3.63, 3.8) is 0 Å². The third kappa shape index (κ3) is 3.89. The monoisotopic (exact) mass is 268 g/mol. The zero-order valence-corrected chi connectivity index (χ0v) is 11.6. The molecule has 6 nitrogen and oxygen atoms in total. The van der Waals surface area contributed by atoms with Crippen LogP contribution in [0, 0.1) is 0 Å². The molecule has 1 atom stereocenters. The van der Waals surface area contributed by atoms with Crippen molar-refractivity contribution in [3.8, 4) is 0 Å². The summed E-state index contributed by atoms with van der Waals surface area (Å²) in [5.41, 5.74) is 0.572. The Bertz CT molecular complexity index is 403. The quantitative estimate of drug-likeness (QED) is 0.439. The summed E-state index contributed by atoms with van der Waals surface area (Å²) in [7, 11) is 2.82. The molecule has 1 unspecified atom stereocenters. The Morgan fingerprint density at radius 3 is 2.79 bits per heavy atom. The number of likely N-dealkylation sites (N-methyl/N-ethyl adjacent to an activating group) is 1. The van der Waals surface area contributed by atoms with Crippen molar-refractivity contribution in [2.24, 2.45) is 0 Å². The number of ether oxygens (including phenoxy) is 1. The molecule has 0 aliphatic carbocycles. The van der Waals surface area contributed by atoms with E-state index in [1.807, 2.05) is 6.92 Å². The molecule has 1 aliphatic rings. The van der Waals surface area contributed by atoms with E-state index in [0.29, 0.717) is 31.4 Å². The Labute approximate surface area is 112 Å². The summed E-state index contributed by atoms with van der Waals surface area (Å²) in [6, 6.07) is -0.366. The number of imide groups is 1. The summed E-state index contributed by atoms with van der Waals surface area (Å²) in [6.45, 7) is 2.26. The lowest BCUT2D eigenvalue weighted by Gasteiger charge is -2.28. The van der Waals surface area contributed by atoms with Gasteiger partial charge in [-0.05, 0) is 12.8 Å². The molecule has 0 bridgehead atoms. The predicted octanol–water partition coefficient (Wildman–Crippen LogP) is 0.233. The maximum Gasteiger partial charge on any atom is 0.333 e. The fourth-order valence-corrected chi connectivity index (χ4v) is 1.93. The second-order valence-electron chi connectivity index (χ2n) is 4.37. The predicted molar refractivity (Wildman–Crippen MR) is 69.2 cm³/mol. The van der Waals surface area contributed by atoms with Gasteiger partial charge in [-0.25, -0.2) is 4.79 Å². The van der Waals surface area contributed by atoms with Crippen LogP contribution in [-0.4, -0.2) is 49.4 Å². The molecule has 1 rings (SSSR count). The molecule has 2 amide bonds. The fraction of sp³-hybridized carbons (Fsp3) is 0.615. The van der Waals surface area contributed by atoms with Crippen LogP contribution in [0.1, 0.15) is 26.2 Å². The number of esters is 1. The number of amides is 2. The van der Waals surface area contributed by atoms with Gasteiger partial charge in [0.1, 0.15) is 0 Å². The van der Waals surface area contributed by atoms with Gasteiger partial charge in [0.2, 0.25) is 11.8 Å². The zero-order chi connectivity index (χ0) is 14.4. The highest BCUT2D eigenvalue weighted by Gasteiger charge is 2.30. The van der Waals surface area contributed by atoms with Gasteiger partial charge in [-0.2, -0.15) is 0 Å². The van der Waals surface area contributed by atoms with E-state index in [1.165, 1.54) is 14.2 Å². The van der Waals surface area contributed by atoms with Crippen LogP contribution in [0.2, 0.25) is 0 Å². The van der Waals surface area contributed by atoms with Crippen LogP contribution in [0.3, 0.4) is 0 Å². The van der Waals surface area contributed by atoms with Gasteiger partial charge in [-0.3, -0.25) is 14.5 Å². The molecule has 1 aliphatic heterocycles. The van der Waals surface area contributed by atoms with E-state index in [1.54, 1.807) is 6.08 Å². The number of hydrogen-bond acceptors (Lipinski definition) is 5. The molecule has 19 heavy (non-hydrogen) atoms. The van der Waals surface area contributed by atoms with Crippen molar-refractivity contribution in [2.75, 3.05) is 20.7 Å². The van der Waals surface area contributed by atoms with Crippen molar-refractivity contribution in [3.05, 3.63) is 11.6 Å². The summed E-state index contributed by atoms with van der Waals surface area (Å²) >= 11 is 0. The normalized spacial score (nSPS) is 20.7. The zero-order valence-electron chi connectivity index (χ0n) is 11.6. The second kappa shape index (κ2) is 7.04. The highest BCUT2D eigenvalue weighted by molar-refractivity contribution is 6.00. The lowest BCUT2D eigenvalue weighted by molar-refractivity contribution is -0.148. The first kappa shape index (κ1) is 15.4. The average molecular weight is 268 g/mol. The van der Waals surface area contributed by atoms with Crippen molar-refractivity contribution in [1.29, 1.82) is 0 Å². The van der Waals surface area contributed by atoms with Crippen molar-refractivity contribution >= 4 is 17.8 Å². The maximum absolute atomic E-state index is 11.8. The molecule has 1 N–H and O–H groups in total. The van der Waals surface area contributed by atoms with Crippen molar-refractivity contribution < 1.29 is 19.1 Å². The largest absolute Gasteiger partial charge is 0.466 e. The van der Waals surface area contributed by atoms with Gasteiger partial charge in [0.15, 0.2) is 0 Å². The average Bonchev–Trinajstić information content (AvgIpc) is 2.42. The first-order valence-electron chi connectivity index (χ1n) is 6.32. The van der Waals surface area contributed by atoms with E-state index in [0.717, 1.165) is 4.90 Å². The Balaban J connectivity index is 2.53. The Hall–Kier alpha value is -1.69. The summed E-state index contributed by atoms with van der Waals surface area (Å²) in [4.78, 5) is 35.6. The Kier molecular flexibility index (Phi) is 5.69. The summed E-state index contributed by atoms with van der Waals surface area (Å²) < 4.78 is 4.64. The van der Waals surface area contributed by atoms with Crippen LogP contribution in [0.15, 0.2) is 11.6 Å². The number of rotatable bonds is 5. The van der Waals surface area contributed by atoms with E-state index in [4.69, 9.17) is 0 Å². The van der Waals surface area contributed by atoms with E-state index in [2.05, 4.69) is 10.1 Å². The van der Waals surface area contributed by atoms with Gasteiger partial charge in [0, 0.05) is 25.6 Å². The molecular formula is C13H20N2O4. The van der Waals surface area contributed by atoms with Gasteiger partial charge < -0.3 is 10.1 Å². The van der Waals surface area contributed by atoms with E-state index in [-0.39, 0.29) is 23.8 Å². The second-order valence-corrected chi connectivity index (χ2v) is 4.37. The number of carbonyl (C=O) groups excluding carboxylic acids is 3. The first-order chi connectivity index (χ1) is 9.01. The number of carbonyl (C=O) groups is 3. The van der Waals surface area contributed by atoms with Crippen LogP contribution in [0.5, 0.6) is 0 Å². The number of piperidine rings is 1. The molecule has 1 fully saturated rings. The Morgan fingerprint density at radius 1 is 1.53 bits per heavy atom. The molecule has 6 heteroatoms. The minimum absolute atomic E-state index is 0.151. The van der Waals surface area contributed by atoms with Crippen molar-refractivity contribution in [1.82, 2.24) is 10.2 Å². The Morgan fingerprint density at radius 2 is 2.21 bits per heavy atom. The fourth-order valence-electron chi connectivity index (χ4n) is 1.93. The lowest BCUT2D eigenvalue weighted by Crippen LogP contribution is -2.51. The van der Waals surface area contributed by atoms with Crippen LogP contribution in [0.4, 0.5) is 0 Å². The third-order valence-electron chi connectivity index (χ3n) is 3.19. The summed E-state index contributed by atoms with van der Waals surface area (Å²) in [5, 5.41) is 3.04. The van der Waals surface area contributed by atoms with Gasteiger partial charge in [0.05, 0.1) is 13.2 Å². The van der Waals surface area contributed by atoms with E-state index in [9.17, 15) is 14.4 Å². The molecule has 0 aromatic carbocycles. The van der Waals surface area contributed by atoms with Gasteiger partial charge >= 0.3 is 5.97 Å². The molecule has 1 saturated heterocycles. The SMILES string of the molecule is CCC(=CCNC1CCC(=O)N(C)C1=O)C(=O)OC. The highest BCUT2D eigenvalue weighted by atomic mass is 16.5. The van der Waals surface area contributed by atoms with Crippen LogP contribution in [0.25, 0.3) is 0 Å². The van der Waals surface area contributed by atoms with Gasteiger partial charge in [-0.1, -0.05) is 13.0 Å².